The molecule has 17 heavy (non-hydrogen) atoms. The Morgan fingerprint density at radius 2 is 2.29 bits per heavy atom. The van der Waals surface area contributed by atoms with Crippen LogP contribution in [0.1, 0.15) is 12.8 Å². The van der Waals surface area contributed by atoms with Gasteiger partial charge in [-0.05, 0) is 28.8 Å². The van der Waals surface area contributed by atoms with Gasteiger partial charge in [0, 0.05) is 12.1 Å². The van der Waals surface area contributed by atoms with E-state index in [0.29, 0.717) is 9.43 Å². The molecule has 0 radical (unpaired) electrons. The minimum atomic E-state index is -0.474. The Bertz CT molecular complexity index is 574. The average Bonchev–Trinajstić information content (AvgIpc) is 2.63. The first-order chi connectivity index (χ1) is 8.13. The number of thiazole rings is 1. The lowest BCUT2D eigenvalue weighted by atomic mass is 9.92. The van der Waals surface area contributed by atoms with Crippen molar-refractivity contribution in [1.82, 2.24) is 4.98 Å². The Balaban J connectivity index is 1.95. The highest BCUT2D eigenvalue weighted by Gasteiger charge is 2.31. The van der Waals surface area contributed by atoms with Crippen LogP contribution in [0.4, 0.5) is 4.39 Å². The minimum Gasteiger partial charge on any atom is -0.485 e. The van der Waals surface area contributed by atoms with Crippen LogP contribution in [0, 0.1) is 5.82 Å². The summed E-state index contributed by atoms with van der Waals surface area (Å²) in [7, 11) is 0. The number of hydrogen-bond acceptors (Lipinski definition) is 4. The molecule has 1 aromatic carbocycles. The van der Waals surface area contributed by atoms with E-state index in [9.17, 15) is 9.50 Å². The summed E-state index contributed by atoms with van der Waals surface area (Å²) in [5, 5.41) is 9.41. The van der Waals surface area contributed by atoms with E-state index >= 15 is 0 Å². The number of ether oxygens (including phenoxy) is 1. The van der Waals surface area contributed by atoms with Gasteiger partial charge in [0.05, 0.1) is 16.3 Å². The number of fused-ring (bicyclic) bond motifs is 1. The fourth-order valence-electron chi connectivity index (χ4n) is 1.74. The summed E-state index contributed by atoms with van der Waals surface area (Å²) in [4.78, 5) is 4.13. The number of benzene rings is 1. The monoisotopic (exact) mass is 317 g/mol. The van der Waals surface area contributed by atoms with Crippen LogP contribution in [0.25, 0.3) is 10.2 Å². The van der Waals surface area contributed by atoms with Crippen molar-refractivity contribution in [2.75, 3.05) is 0 Å². The predicted octanol–water partition coefficient (Wildman–Crippen LogP) is 3.10. The van der Waals surface area contributed by atoms with Crippen molar-refractivity contribution in [1.29, 1.82) is 0 Å². The smallest absolute Gasteiger partial charge is 0.167 e. The summed E-state index contributed by atoms with van der Waals surface area (Å²) in [6.45, 7) is 0. The van der Waals surface area contributed by atoms with E-state index in [1.165, 1.54) is 17.4 Å². The maximum atomic E-state index is 13.7. The van der Waals surface area contributed by atoms with Crippen molar-refractivity contribution in [3.05, 3.63) is 21.9 Å². The molecule has 90 valence electrons. The molecule has 3 rings (SSSR count). The summed E-state index contributed by atoms with van der Waals surface area (Å²) >= 11 is 4.69. The van der Waals surface area contributed by atoms with Gasteiger partial charge in [-0.3, -0.25) is 0 Å². The number of rotatable bonds is 2. The Hall–Kier alpha value is -0.720. The fraction of sp³-hybridized carbons (Fsp3) is 0.364. The third-order valence-corrected chi connectivity index (χ3v) is 4.34. The maximum Gasteiger partial charge on any atom is 0.167 e. The zero-order valence-corrected chi connectivity index (χ0v) is 11.1. The molecule has 1 heterocycles. The molecule has 1 fully saturated rings. The minimum absolute atomic E-state index is 0.192. The van der Waals surface area contributed by atoms with Crippen LogP contribution in [0.2, 0.25) is 0 Å². The highest BCUT2D eigenvalue weighted by Crippen LogP contribution is 2.33. The number of aliphatic hydroxyl groups excluding tert-OH is 1. The maximum absolute atomic E-state index is 13.7. The molecule has 0 aliphatic heterocycles. The van der Waals surface area contributed by atoms with Gasteiger partial charge in [0.15, 0.2) is 15.5 Å². The van der Waals surface area contributed by atoms with E-state index in [0.717, 1.165) is 17.5 Å². The molecule has 6 heteroatoms. The van der Waals surface area contributed by atoms with Crippen LogP contribution in [0.5, 0.6) is 5.75 Å². The summed E-state index contributed by atoms with van der Waals surface area (Å²) in [5.41, 5.74) is 0.612. The molecule has 2 atom stereocenters. The molecule has 0 bridgehead atoms. The topological polar surface area (TPSA) is 42.4 Å². The lowest BCUT2D eigenvalue weighted by Gasteiger charge is -2.32. The number of hydrogen-bond donors (Lipinski definition) is 1. The lowest BCUT2D eigenvalue weighted by Crippen LogP contribution is -2.41. The number of halogens is 2. The van der Waals surface area contributed by atoms with Crippen molar-refractivity contribution in [2.45, 2.75) is 25.0 Å². The molecule has 0 spiro atoms. The van der Waals surface area contributed by atoms with E-state index in [2.05, 4.69) is 20.9 Å². The lowest BCUT2D eigenvalue weighted by molar-refractivity contribution is -0.0376. The van der Waals surface area contributed by atoms with Gasteiger partial charge < -0.3 is 9.84 Å². The molecular weight excluding hydrogens is 309 g/mol. The normalized spacial score (nSPS) is 23.7. The standard InChI is InChI=1S/C11H9BrFNO2S/c12-11-14-6-3-5(13)9(4-10(6)17-11)16-8-2-1-7(8)15/h3-4,7-8,15H,1-2H2. The molecular formula is C11H9BrFNO2S. The second kappa shape index (κ2) is 4.19. The van der Waals surface area contributed by atoms with Crippen molar-refractivity contribution in [3.63, 3.8) is 0 Å². The Kier molecular flexibility index (Phi) is 2.80. The summed E-state index contributed by atoms with van der Waals surface area (Å²) < 4.78 is 20.7. The van der Waals surface area contributed by atoms with Crippen LogP contribution in [-0.2, 0) is 0 Å². The van der Waals surface area contributed by atoms with E-state index < -0.39 is 11.9 Å². The van der Waals surface area contributed by atoms with Crippen molar-refractivity contribution in [2.24, 2.45) is 0 Å². The first kappa shape index (κ1) is 11.4. The zero-order valence-electron chi connectivity index (χ0n) is 8.69. The third-order valence-electron chi connectivity index (χ3n) is 2.87. The summed E-state index contributed by atoms with van der Waals surface area (Å²) in [6, 6.07) is 3.00. The highest BCUT2D eigenvalue weighted by molar-refractivity contribution is 9.11. The third kappa shape index (κ3) is 2.05. The highest BCUT2D eigenvalue weighted by atomic mass is 79.9. The number of aromatic nitrogens is 1. The summed E-state index contributed by atoms with van der Waals surface area (Å²) in [6.07, 6.45) is 0.739. The van der Waals surface area contributed by atoms with Gasteiger partial charge in [-0.15, -0.1) is 11.3 Å². The molecule has 0 saturated heterocycles. The molecule has 2 unspecified atom stereocenters. The molecule has 3 nitrogen and oxygen atoms in total. The predicted molar refractivity (Wildman–Crippen MR) is 66.9 cm³/mol. The van der Waals surface area contributed by atoms with Gasteiger partial charge in [0.25, 0.3) is 0 Å². The Morgan fingerprint density at radius 3 is 2.94 bits per heavy atom. The van der Waals surface area contributed by atoms with Gasteiger partial charge in [-0.2, -0.15) is 0 Å². The van der Waals surface area contributed by atoms with Gasteiger partial charge >= 0.3 is 0 Å². The molecule has 1 aliphatic rings. The second-order valence-corrected chi connectivity index (χ2v) is 6.32. The summed E-state index contributed by atoms with van der Waals surface area (Å²) in [5.74, 6) is -0.244. The molecule has 1 saturated carbocycles. The van der Waals surface area contributed by atoms with E-state index in [1.807, 2.05) is 0 Å². The molecule has 1 N–H and O–H groups in total. The van der Waals surface area contributed by atoms with Crippen molar-refractivity contribution >= 4 is 37.5 Å². The Labute approximate surface area is 109 Å². The van der Waals surface area contributed by atoms with Crippen molar-refractivity contribution in [3.8, 4) is 5.75 Å². The quantitative estimate of drug-likeness (QED) is 0.925. The molecule has 1 aromatic heterocycles. The van der Waals surface area contributed by atoms with E-state index in [-0.39, 0.29) is 11.9 Å². The van der Waals surface area contributed by atoms with Crippen LogP contribution in [-0.4, -0.2) is 22.3 Å². The zero-order chi connectivity index (χ0) is 12.0. The molecule has 0 amide bonds. The van der Waals surface area contributed by atoms with Gasteiger partial charge in [-0.1, -0.05) is 0 Å². The first-order valence-electron chi connectivity index (χ1n) is 5.24. The SMILES string of the molecule is OC1CCC1Oc1cc2sc(Br)nc2cc1F. The Morgan fingerprint density at radius 1 is 1.47 bits per heavy atom. The van der Waals surface area contributed by atoms with Gasteiger partial charge in [0.2, 0.25) is 0 Å². The van der Waals surface area contributed by atoms with Crippen molar-refractivity contribution < 1.29 is 14.2 Å². The largest absolute Gasteiger partial charge is 0.485 e. The van der Waals surface area contributed by atoms with Gasteiger partial charge in [-0.25, -0.2) is 9.37 Å². The number of aliphatic hydroxyl groups is 1. The van der Waals surface area contributed by atoms with Crippen LogP contribution >= 0.6 is 27.3 Å². The number of nitrogens with zero attached hydrogens (tertiary/aromatic N) is 1. The van der Waals surface area contributed by atoms with E-state index in [4.69, 9.17) is 4.74 Å². The molecule has 1 aliphatic carbocycles. The average molecular weight is 318 g/mol. The fourth-order valence-corrected chi connectivity index (χ4v) is 3.16. The van der Waals surface area contributed by atoms with E-state index in [1.54, 1.807) is 6.07 Å². The second-order valence-electron chi connectivity index (χ2n) is 4.02. The van der Waals surface area contributed by atoms with Gasteiger partial charge in [0.1, 0.15) is 6.10 Å². The molecule has 2 aromatic rings. The van der Waals surface area contributed by atoms with Crippen LogP contribution in [0.15, 0.2) is 16.0 Å². The van der Waals surface area contributed by atoms with Crippen LogP contribution < -0.4 is 4.74 Å². The first-order valence-corrected chi connectivity index (χ1v) is 6.85. The van der Waals surface area contributed by atoms with Crippen LogP contribution in [0.3, 0.4) is 0 Å².